The van der Waals surface area contributed by atoms with Gasteiger partial charge in [0.1, 0.15) is 6.54 Å². The van der Waals surface area contributed by atoms with Gasteiger partial charge in [-0.25, -0.2) is 0 Å². The first-order valence-electron chi connectivity index (χ1n) is 3.97. The molecule has 0 aromatic heterocycles. The maximum atomic E-state index is 11.0. The first-order valence-corrected chi connectivity index (χ1v) is 3.97. The number of nitrogens with one attached hydrogen (secondary N) is 1. The van der Waals surface area contributed by atoms with Gasteiger partial charge in [-0.15, -0.1) is 0 Å². The van der Waals surface area contributed by atoms with Crippen molar-refractivity contribution in [1.29, 1.82) is 5.26 Å². The molecule has 3 N–H and O–H groups in total. The SMILES string of the molecule is CC(C)C(N)CC(=O)NCC#N. The molecule has 0 fully saturated rings. The van der Waals surface area contributed by atoms with Gasteiger partial charge in [-0.1, -0.05) is 13.8 Å². The molecular weight excluding hydrogens is 154 g/mol. The summed E-state index contributed by atoms with van der Waals surface area (Å²) in [7, 11) is 0. The molecule has 0 radical (unpaired) electrons. The standard InChI is InChI=1S/C8H15N3O/c1-6(2)7(10)5-8(12)11-4-3-9/h6-7H,4-5,10H2,1-2H3,(H,11,12). The Labute approximate surface area is 72.7 Å². The molecule has 0 aliphatic heterocycles. The van der Waals surface area contributed by atoms with Crippen LogP contribution in [0.15, 0.2) is 0 Å². The predicted octanol–water partition coefficient (Wildman–Crippen LogP) is -0.000420. The van der Waals surface area contributed by atoms with Crippen LogP contribution in [-0.2, 0) is 4.79 Å². The van der Waals surface area contributed by atoms with E-state index in [1.165, 1.54) is 0 Å². The van der Waals surface area contributed by atoms with Crippen molar-refractivity contribution in [2.45, 2.75) is 26.3 Å². The molecule has 1 amide bonds. The molecule has 0 aliphatic rings. The van der Waals surface area contributed by atoms with Gasteiger partial charge >= 0.3 is 0 Å². The van der Waals surface area contributed by atoms with Gasteiger partial charge in [0.15, 0.2) is 0 Å². The number of amides is 1. The van der Waals surface area contributed by atoms with Gasteiger partial charge in [0, 0.05) is 12.5 Å². The summed E-state index contributed by atoms with van der Waals surface area (Å²) >= 11 is 0. The molecule has 1 atom stereocenters. The van der Waals surface area contributed by atoms with E-state index in [9.17, 15) is 4.79 Å². The highest BCUT2D eigenvalue weighted by molar-refractivity contribution is 5.76. The number of rotatable bonds is 4. The van der Waals surface area contributed by atoms with E-state index in [4.69, 9.17) is 11.0 Å². The summed E-state index contributed by atoms with van der Waals surface area (Å²) in [4.78, 5) is 11.0. The van der Waals surface area contributed by atoms with Crippen molar-refractivity contribution in [3.05, 3.63) is 0 Å². The number of hydrogen-bond acceptors (Lipinski definition) is 3. The number of nitrogens with two attached hydrogens (primary N) is 1. The molecule has 1 unspecified atom stereocenters. The van der Waals surface area contributed by atoms with Crippen molar-refractivity contribution in [3.8, 4) is 6.07 Å². The molecule has 0 bridgehead atoms. The fraction of sp³-hybridized carbons (Fsp3) is 0.750. The quantitative estimate of drug-likeness (QED) is 0.581. The van der Waals surface area contributed by atoms with Crippen molar-refractivity contribution < 1.29 is 4.79 Å². The van der Waals surface area contributed by atoms with E-state index in [0.717, 1.165) is 0 Å². The molecule has 4 nitrogen and oxygen atoms in total. The molecule has 0 saturated carbocycles. The predicted molar refractivity (Wildman–Crippen MR) is 46.1 cm³/mol. The molecule has 68 valence electrons. The zero-order chi connectivity index (χ0) is 9.56. The van der Waals surface area contributed by atoms with Crippen LogP contribution < -0.4 is 11.1 Å². The Morgan fingerprint density at radius 1 is 1.67 bits per heavy atom. The van der Waals surface area contributed by atoms with Crippen LogP contribution in [0.1, 0.15) is 20.3 Å². The maximum Gasteiger partial charge on any atom is 0.222 e. The monoisotopic (exact) mass is 169 g/mol. The Morgan fingerprint density at radius 3 is 2.67 bits per heavy atom. The molecule has 0 saturated heterocycles. The molecule has 0 rings (SSSR count). The first kappa shape index (κ1) is 10.9. The van der Waals surface area contributed by atoms with Crippen LogP contribution in [0.25, 0.3) is 0 Å². The second-order valence-corrected chi connectivity index (χ2v) is 3.05. The highest BCUT2D eigenvalue weighted by Crippen LogP contribution is 2.01. The zero-order valence-electron chi connectivity index (χ0n) is 7.50. The highest BCUT2D eigenvalue weighted by Gasteiger charge is 2.11. The van der Waals surface area contributed by atoms with Crippen molar-refractivity contribution in [2.24, 2.45) is 11.7 Å². The third-order valence-electron chi connectivity index (χ3n) is 1.64. The van der Waals surface area contributed by atoms with E-state index in [-0.39, 0.29) is 24.4 Å². The van der Waals surface area contributed by atoms with Crippen LogP contribution in [0.4, 0.5) is 0 Å². The topological polar surface area (TPSA) is 78.9 Å². The van der Waals surface area contributed by atoms with Crippen LogP contribution in [0.3, 0.4) is 0 Å². The van der Waals surface area contributed by atoms with Crippen LogP contribution in [0, 0.1) is 17.2 Å². The number of hydrogen-bond donors (Lipinski definition) is 2. The van der Waals surface area contributed by atoms with Gasteiger partial charge < -0.3 is 11.1 Å². The molecule has 0 aromatic rings. The number of nitriles is 1. The van der Waals surface area contributed by atoms with Gasteiger partial charge in [-0.3, -0.25) is 4.79 Å². The summed E-state index contributed by atoms with van der Waals surface area (Å²) in [6, 6.07) is 1.71. The minimum absolute atomic E-state index is 0.0592. The molecule has 0 spiro atoms. The zero-order valence-corrected chi connectivity index (χ0v) is 7.50. The minimum atomic E-state index is -0.155. The Bertz CT molecular complexity index is 183. The number of nitrogens with zero attached hydrogens (tertiary/aromatic N) is 1. The van der Waals surface area contributed by atoms with Crippen LogP contribution in [0.2, 0.25) is 0 Å². The first-order chi connectivity index (χ1) is 5.57. The van der Waals surface area contributed by atoms with Crippen molar-refractivity contribution in [3.63, 3.8) is 0 Å². The Hall–Kier alpha value is -1.08. The van der Waals surface area contributed by atoms with Crippen LogP contribution in [-0.4, -0.2) is 18.5 Å². The molecule has 0 heterocycles. The van der Waals surface area contributed by atoms with Gasteiger partial charge in [-0.2, -0.15) is 5.26 Å². The van der Waals surface area contributed by atoms with Gasteiger partial charge in [0.05, 0.1) is 6.07 Å². The lowest BCUT2D eigenvalue weighted by atomic mass is 10.0. The Morgan fingerprint density at radius 2 is 2.25 bits per heavy atom. The van der Waals surface area contributed by atoms with Gasteiger partial charge in [0.2, 0.25) is 5.91 Å². The average molecular weight is 169 g/mol. The number of carbonyl (C=O) groups excluding carboxylic acids is 1. The third kappa shape index (κ3) is 4.69. The fourth-order valence-corrected chi connectivity index (χ4v) is 0.660. The second-order valence-electron chi connectivity index (χ2n) is 3.05. The highest BCUT2D eigenvalue weighted by atomic mass is 16.1. The lowest BCUT2D eigenvalue weighted by Gasteiger charge is -2.13. The third-order valence-corrected chi connectivity index (χ3v) is 1.64. The van der Waals surface area contributed by atoms with Crippen molar-refractivity contribution in [1.82, 2.24) is 5.32 Å². The average Bonchev–Trinajstić information content (AvgIpc) is 2.00. The second kappa shape index (κ2) is 5.56. The van der Waals surface area contributed by atoms with E-state index < -0.39 is 0 Å². The Kier molecular flexibility index (Phi) is 5.06. The lowest BCUT2D eigenvalue weighted by molar-refractivity contribution is -0.121. The molecular formula is C8H15N3O. The maximum absolute atomic E-state index is 11.0. The summed E-state index contributed by atoms with van der Waals surface area (Å²) in [5, 5.41) is 10.6. The summed E-state index contributed by atoms with van der Waals surface area (Å²) in [6.07, 6.45) is 0.291. The van der Waals surface area contributed by atoms with Crippen LogP contribution in [0.5, 0.6) is 0 Å². The molecule has 4 heteroatoms. The largest absolute Gasteiger partial charge is 0.343 e. The van der Waals surface area contributed by atoms with Crippen molar-refractivity contribution in [2.75, 3.05) is 6.54 Å². The molecule has 0 aliphatic carbocycles. The summed E-state index contributed by atoms with van der Waals surface area (Å²) < 4.78 is 0. The summed E-state index contributed by atoms with van der Waals surface area (Å²) in [6.45, 7) is 3.98. The van der Waals surface area contributed by atoms with E-state index >= 15 is 0 Å². The summed E-state index contributed by atoms with van der Waals surface area (Å²) in [5.74, 6) is 0.135. The van der Waals surface area contributed by atoms with Gasteiger partial charge in [0.25, 0.3) is 0 Å². The molecule has 0 aromatic carbocycles. The number of carbonyl (C=O) groups is 1. The normalized spacial score (nSPS) is 12.2. The molecule has 12 heavy (non-hydrogen) atoms. The van der Waals surface area contributed by atoms with E-state index in [0.29, 0.717) is 6.42 Å². The Balaban J connectivity index is 3.63. The fourth-order valence-electron chi connectivity index (χ4n) is 0.660. The van der Waals surface area contributed by atoms with Gasteiger partial charge in [-0.05, 0) is 5.92 Å². The van der Waals surface area contributed by atoms with E-state index in [1.54, 1.807) is 0 Å². The van der Waals surface area contributed by atoms with Crippen LogP contribution >= 0.6 is 0 Å². The smallest absolute Gasteiger partial charge is 0.222 e. The lowest BCUT2D eigenvalue weighted by Crippen LogP contribution is -2.34. The van der Waals surface area contributed by atoms with E-state index in [1.807, 2.05) is 19.9 Å². The minimum Gasteiger partial charge on any atom is -0.343 e. The van der Waals surface area contributed by atoms with E-state index in [2.05, 4.69) is 5.32 Å². The summed E-state index contributed by atoms with van der Waals surface area (Å²) in [5.41, 5.74) is 5.65. The van der Waals surface area contributed by atoms with Crippen molar-refractivity contribution >= 4 is 5.91 Å².